The Bertz CT molecular complexity index is 647. The number of ether oxygens (including phenoxy) is 1. The highest BCUT2D eigenvalue weighted by Crippen LogP contribution is 2.35. The molecule has 4 N–H and O–H groups in total. The lowest BCUT2D eigenvalue weighted by molar-refractivity contribution is 0.100. The van der Waals surface area contributed by atoms with E-state index in [1.807, 2.05) is 0 Å². The van der Waals surface area contributed by atoms with Gasteiger partial charge in [-0.15, -0.1) is 0 Å². The summed E-state index contributed by atoms with van der Waals surface area (Å²) < 4.78 is 6.44. The van der Waals surface area contributed by atoms with Gasteiger partial charge in [0.1, 0.15) is 5.75 Å². The molecule has 0 unspecified atom stereocenters. The van der Waals surface area contributed by atoms with Gasteiger partial charge in [0.25, 0.3) is 5.91 Å². The zero-order chi connectivity index (χ0) is 14.0. The summed E-state index contributed by atoms with van der Waals surface area (Å²) in [5.74, 6) is 0.170. The third-order valence-corrected chi connectivity index (χ3v) is 3.23. The minimum atomic E-state index is -0.607. The van der Waals surface area contributed by atoms with Crippen molar-refractivity contribution in [2.75, 3.05) is 5.73 Å². The van der Waals surface area contributed by atoms with Crippen molar-refractivity contribution in [2.24, 2.45) is 5.73 Å². The fourth-order valence-corrected chi connectivity index (χ4v) is 2.24. The van der Waals surface area contributed by atoms with Gasteiger partial charge in [-0.1, -0.05) is 33.6 Å². The predicted molar refractivity (Wildman–Crippen MR) is 78.6 cm³/mol. The van der Waals surface area contributed by atoms with Crippen LogP contribution in [0.5, 0.6) is 11.5 Å². The molecular formula is C13H10BrClN2O2. The lowest BCUT2D eigenvalue weighted by Gasteiger charge is -2.11. The molecule has 2 aromatic rings. The number of anilines is 1. The summed E-state index contributed by atoms with van der Waals surface area (Å²) in [4.78, 5) is 11.2. The van der Waals surface area contributed by atoms with Crippen LogP contribution in [-0.4, -0.2) is 5.91 Å². The van der Waals surface area contributed by atoms with E-state index >= 15 is 0 Å². The number of hydrogen-bond donors (Lipinski definition) is 2. The number of carbonyl (C=O) groups excluding carboxylic acids is 1. The molecule has 0 spiro atoms. The second kappa shape index (κ2) is 5.50. The van der Waals surface area contributed by atoms with Crippen LogP contribution in [0.25, 0.3) is 0 Å². The van der Waals surface area contributed by atoms with Gasteiger partial charge in [0.15, 0.2) is 5.75 Å². The molecule has 98 valence electrons. The van der Waals surface area contributed by atoms with E-state index in [4.69, 9.17) is 27.8 Å². The molecule has 0 aliphatic heterocycles. The highest BCUT2D eigenvalue weighted by atomic mass is 79.9. The monoisotopic (exact) mass is 340 g/mol. The maximum atomic E-state index is 11.2. The van der Waals surface area contributed by atoms with Gasteiger partial charge in [-0.2, -0.15) is 0 Å². The van der Waals surface area contributed by atoms with E-state index in [9.17, 15) is 4.79 Å². The average molecular weight is 342 g/mol. The van der Waals surface area contributed by atoms with Crippen molar-refractivity contribution in [2.45, 2.75) is 0 Å². The minimum Gasteiger partial charge on any atom is -0.454 e. The number of halogens is 2. The van der Waals surface area contributed by atoms with Gasteiger partial charge < -0.3 is 16.2 Å². The van der Waals surface area contributed by atoms with Crippen molar-refractivity contribution >= 4 is 39.1 Å². The van der Waals surface area contributed by atoms with Crippen molar-refractivity contribution < 1.29 is 9.53 Å². The van der Waals surface area contributed by atoms with E-state index in [0.717, 1.165) is 4.47 Å². The Labute approximate surface area is 123 Å². The third kappa shape index (κ3) is 3.00. The molecule has 4 nitrogen and oxygen atoms in total. The van der Waals surface area contributed by atoms with E-state index in [0.29, 0.717) is 16.5 Å². The van der Waals surface area contributed by atoms with Crippen molar-refractivity contribution in [3.8, 4) is 11.5 Å². The number of rotatable bonds is 3. The predicted octanol–water partition coefficient (Wildman–Crippen LogP) is 3.58. The van der Waals surface area contributed by atoms with Crippen LogP contribution in [0.1, 0.15) is 10.4 Å². The average Bonchev–Trinajstić information content (AvgIpc) is 2.34. The molecule has 0 heterocycles. The summed E-state index contributed by atoms with van der Waals surface area (Å²) in [6.45, 7) is 0. The fraction of sp³-hybridized carbons (Fsp3) is 0. The number of amides is 1. The third-order valence-electron chi connectivity index (χ3n) is 2.45. The Hall–Kier alpha value is -1.72. The Balaban J connectivity index is 2.38. The van der Waals surface area contributed by atoms with Crippen molar-refractivity contribution in [3.05, 3.63) is 51.5 Å². The highest BCUT2D eigenvalue weighted by Gasteiger charge is 2.12. The van der Waals surface area contributed by atoms with Crippen molar-refractivity contribution in [3.63, 3.8) is 0 Å². The first kappa shape index (κ1) is 13.7. The number of para-hydroxylation sites is 1. The van der Waals surface area contributed by atoms with E-state index < -0.39 is 5.91 Å². The maximum absolute atomic E-state index is 11.2. The van der Waals surface area contributed by atoms with Gasteiger partial charge in [-0.05, 0) is 30.3 Å². The van der Waals surface area contributed by atoms with E-state index in [-0.39, 0.29) is 11.3 Å². The van der Waals surface area contributed by atoms with Crippen LogP contribution in [0.3, 0.4) is 0 Å². The highest BCUT2D eigenvalue weighted by molar-refractivity contribution is 9.10. The molecular weight excluding hydrogens is 332 g/mol. The van der Waals surface area contributed by atoms with Gasteiger partial charge in [-0.3, -0.25) is 4.79 Å². The molecule has 19 heavy (non-hydrogen) atoms. The van der Waals surface area contributed by atoms with Crippen molar-refractivity contribution in [1.82, 2.24) is 0 Å². The molecule has 2 aromatic carbocycles. The van der Waals surface area contributed by atoms with Crippen LogP contribution in [0.4, 0.5) is 5.69 Å². The quantitative estimate of drug-likeness (QED) is 0.838. The van der Waals surface area contributed by atoms with Crippen LogP contribution in [0.15, 0.2) is 40.9 Å². The number of nitrogens with two attached hydrogens (primary N) is 2. The molecule has 0 saturated heterocycles. The second-order valence-electron chi connectivity index (χ2n) is 3.76. The van der Waals surface area contributed by atoms with Crippen LogP contribution in [-0.2, 0) is 0 Å². The van der Waals surface area contributed by atoms with Gasteiger partial charge in [-0.25, -0.2) is 0 Å². The largest absolute Gasteiger partial charge is 0.454 e. The Morgan fingerprint density at radius 2 is 1.95 bits per heavy atom. The molecule has 0 bridgehead atoms. The first-order valence-electron chi connectivity index (χ1n) is 5.30. The summed E-state index contributed by atoms with van der Waals surface area (Å²) in [6, 6.07) is 10.00. The summed E-state index contributed by atoms with van der Waals surface area (Å²) in [7, 11) is 0. The van der Waals surface area contributed by atoms with Crippen LogP contribution in [0.2, 0.25) is 5.02 Å². The van der Waals surface area contributed by atoms with Gasteiger partial charge >= 0.3 is 0 Å². The Morgan fingerprint density at radius 3 is 2.58 bits per heavy atom. The fourth-order valence-electron chi connectivity index (χ4n) is 1.52. The number of nitrogen functional groups attached to an aromatic ring is 1. The van der Waals surface area contributed by atoms with Crippen molar-refractivity contribution in [1.29, 1.82) is 0 Å². The summed E-state index contributed by atoms with van der Waals surface area (Å²) >= 11 is 9.35. The van der Waals surface area contributed by atoms with E-state index in [2.05, 4.69) is 15.9 Å². The molecule has 0 saturated carbocycles. The first-order chi connectivity index (χ1) is 8.99. The first-order valence-corrected chi connectivity index (χ1v) is 6.47. The van der Waals surface area contributed by atoms with Gasteiger partial charge in [0.05, 0.1) is 16.3 Å². The Morgan fingerprint density at radius 1 is 1.21 bits per heavy atom. The van der Waals surface area contributed by atoms with Gasteiger partial charge in [0, 0.05) is 4.47 Å². The lowest BCUT2D eigenvalue weighted by Crippen LogP contribution is -2.13. The SMILES string of the molecule is NC(=O)c1cccc(Oc2ccc(Br)cc2Cl)c1N. The molecule has 0 aromatic heterocycles. The standard InChI is InChI=1S/C13H10BrClN2O2/c14-7-4-5-10(9(15)6-7)19-11-3-1-2-8(12(11)16)13(17)18/h1-6H,16H2,(H2,17,18). The number of primary amides is 1. The molecule has 6 heteroatoms. The number of hydrogen-bond acceptors (Lipinski definition) is 3. The normalized spacial score (nSPS) is 10.2. The molecule has 0 aliphatic rings. The van der Waals surface area contributed by atoms with Crippen LogP contribution in [0, 0.1) is 0 Å². The molecule has 0 radical (unpaired) electrons. The summed E-state index contributed by atoms with van der Waals surface area (Å²) in [6.07, 6.45) is 0. The lowest BCUT2D eigenvalue weighted by atomic mass is 10.1. The zero-order valence-electron chi connectivity index (χ0n) is 9.69. The smallest absolute Gasteiger partial charge is 0.250 e. The zero-order valence-corrected chi connectivity index (χ0v) is 12.0. The second-order valence-corrected chi connectivity index (χ2v) is 5.08. The molecule has 0 aliphatic carbocycles. The molecule has 0 atom stereocenters. The topological polar surface area (TPSA) is 78.3 Å². The Kier molecular flexibility index (Phi) is 3.97. The minimum absolute atomic E-state index is 0.189. The molecule has 2 rings (SSSR count). The maximum Gasteiger partial charge on any atom is 0.250 e. The van der Waals surface area contributed by atoms with Crippen LogP contribution < -0.4 is 16.2 Å². The number of benzene rings is 2. The van der Waals surface area contributed by atoms with E-state index in [1.165, 1.54) is 6.07 Å². The molecule has 1 amide bonds. The van der Waals surface area contributed by atoms with E-state index in [1.54, 1.807) is 30.3 Å². The summed E-state index contributed by atoms with van der Waals surface area (Å²) in [5, 5.41) is 0.429. The molecule has 0 fully saturated rings. The number of carbonyl (C=O) groups is 1. The summed E-state index contributed by atoms with van der Waals surface area (Å²) in [5.41, 5.74) is 11.5. The van der Waals surface area contributed by atoms with Gasteiger partial charge in [0.2, 0.25) is 0 Å². The van der Waals surface area contributed by atoms with Crippen LogP contribution >= 0.6 is 27.5 Å².